The molecule has 9 heteroatoms. The summed E-state index contributed by atoms with van der Waals surface area (Å²) in [4.78, 5) is 27.1. The van der Waals surface area contributed by atoms with Crippen LogP contribution in [-0.4, -0.2) is 42.3 Å². The van der Waals surface area contributed by atoms with Gasteiger partial charge in [-0.05, 0) is 62.8 Å². The van der Waals surface area contributed by atoms with E-state index in [-0.39, 0.29) is 6.61 Å². The van der Waals surface area contributed by atoms with Crippen LogP contribution in [0.3, 0.4) is 0 Å². The van der Waals surface area contributed by atoms with Crippen LogP contribution in [0.2, 0.25) is 0 Å². The molecule has 0 aliphatic carbocycles. The van der Waals surface area contributed by atoms with Gasteiger partial charge in [0.15, 0.2) is 5.11 Å². The molecule has 0 bridgehead atoms. The molecule has 0 aromatic heterocycles. The lowest BCUT2D eigenvalue weighted by Gasteiger charge is -2.35. The summed E-state index contributed by atoms with van der Waals surface area (Å²) in [7, 11) is 1.79. The Morgan fingerprint density at radius 3 is 2.58 bits per heavy atom. The number of hydrogen-bond acceptors (Lipinski definition) is 5. The van der Waals surface area contributed by atoms with Crippen molar-refractivity contribution >= 4 is 40.7 Å². The van der Waals surface area contributed by atoms with Crippen LogP contribution in [0.5, 0.6) is 5.75 Å². The molecule has 2 amide bonds. The first-order valence-corrected chi connectivity index (χ1v) is 11.1. The van der Waals surface area contributed by atoms with Gasteiger partial charge in [-0.15, -0.1) is 0 Å². The number of carbonyl (C=O) groups is 2. The van der Waals surface area contributed by atoms with Crippen molar-refractivity contribution in [1.82, 2.24) is 10.2 Å². The van der Waals surface area contributed by atoms with Gasteiger partial charge in [-0.1, -0.05) is 24.3 Å². The minimum Gasteiger partial charge on any atom is -0.492 e. The molecule has 2 aromatic rings. The van der Waals surface area contributed by atoms with Gasteiger partial charge in [-0.25, -0.2) is 9.59 Å². The summed E-state index contributed by atoms with van der Waals surface area (Å²) in [5.74, 6) is 0.179. The lowest BCUT2D eigenvalue weighted by atomic mass is 9.95. The number of ether oxygens (including phenoxy) is 2. The van der Waals surface area contributed by atoms with Gasteiger partial charge in [-0.3, -0.25) is 0 Å². The van der Waals surface area contributed by atoms with Gasteiger partial charge in [0.1, 0.15) is 5.75 Å². The summed E-state index contributed by atoms with van der Waals surface area (Å²) >= 11 is 5.43. The fraction of sp³-hybridized carbons (Fsp3) is 0.292. The maximum Gasteiger partial charge on any atom is 0.338 e. The number of hydrogen-bond donors (Lipinski definition) is 3. The van der Waals surface area contributed by atoms with Gasteiger partial charge >= 0.3 is 12.0 Å². The highest BCUT2D eigenvalue weighted by Crippen LogP contribution is 2.32. The molecule has 8 nitrogen and oxygen atoms in total. The Bertz CT molecular complexity index is 1090. The van der Waals surface area contributed by atoms with Crippen molar-refractivity contribution in [2.75, 3.05) is 30.9 Å². The summed E-state index contributed by atoms with van der Waals surface area (Å²) in [6, 6.07) is 13.5. The predicted molar refractivity (Wildman–Crippen MR) is 132 cm³/mol. The standard InChI is InChI=1S/C24H28N4O4S/c1-5-31-19-13-8-7-12-18(19)26-23(30)25-17-11-9-10-16(14-17)21-20(22(29)32-6-2)15(3)28(4)24(33)27-21/h7-14,21H,5-6H2,1-4H3,(H,27,33)(H2,25,26,30). The van der Waals surface area contributed by atoms with E-state index < -0.39 is 18.0 Å². The molecule has 1 aliphatic heterocycles. The monoisotopic (exact) mass is 468 g/mol. The van der Waals surface area contributed by atoms with Crippen molar-refractivity contribution in [2.24, 2.45) is 0 Å². The van der Waals surface area contributed by atoms with Gasteiger partial charge in [-0.2, -0.15) is 0 Å². The van der Waals surface area contributed by atoms with Crippen LogP contribution in [0.15, 0.2) is 59.8 Å². The number of para-hydroxylation sites is 2. The molecular formula is C24H28N4O4S. The Labute approximate surface area is 198 Å². The van der Waals surface area contributed by atoms with Crippen molar-refractivity contribution in [3.8, 4) is 5.75 Å². The predicted octanol–water partition coefficient (Wildman–Crippen LogP) is 4.43. The number of anilines is 2. The minimum absolute atomic E-state index is 0.265. The van der Waals surface area contributed by atoms with E-state index in [1.165, 1.54) is 0 Å². The number of carbonyl (C=O) groups excluding carboxylic acids is 2. The van der Waals surface area contributed by atoms with Gasteiger partial charge in [0.25, 0.3) is 0 Å². The average molecular weight is 469 g/mol. The van der Waals surface area contributed by atoms with E-state index in [1.807, 2.05) is 32.0 Å². The van der Waals surface area contributed by atoms with E-state index >= 15 is 0 Å². The summed E-state index contributed by atoms with van der Waals surface area (Å²) in [5.41, 5.74) is 3.08. The zero-order valence-electron chi connectivity index (χ0n) is 19.1. The number of nitrogens with one attached hydrogen (secondary N) is 3. The van der Waals surface area contributed by atoms with Crippen LogP contribution in [0.1, 0.15) is 32.4 Å². The largest absolute Gasteiger partial charge is 0.492 e. The van der Waals surface area contributed by atoms with E-state index in [1.54, 1.807) is 49.2 Å². The molecule has 3 rings (SSSR count). The van der Waals surface area contributed by atoms with Crippen molar-refractivity contribution in [3.05, 3.63) is 65.4 Å². The lowest BCUT2D eigenvalue weighted by Crippen LogP contribution is -2.46. The first kappa shape index (κ1) is 24.1. The third-order valence-corrected chi connectivity index (χ3v) is 5.55. The molecule has 1 aliphatic rings. The van der Waals surface area contributed by atoms with E-state index in [0.717, 1.165) is 5.56 Å². The number of esters is 1. The van der Waals surface area contributed by atoms with E-state index in [0.29, 0.717) is 40.1 Å². The molecule has 1 atom stereocenters. The fourth-order valence-corrected chi connectivity index (χ4v) is 3.75. The SMILES string of the molecule is CCOC(=O)C1=C(C)N(C)C(=S)NC1c1cccc(NC(=O)Nc2ccccc2OCC)c1. The third kappa shape index (κ3) is 5.61. The molecule has 3 N–H and O–H groups in total. The van der Waals surface area contributed by atoms with Crippen molar-refractivity contribution in [2.45, 2.75) is 26.8 Å². The van der Waals surface area contributed by atoms with E-state index in [4.69, 9.17) is 21.7 Å². The third-order valence-electron chi connectivity index (χ3n) is 5.16. The first-order chi connectivity index (χ1) is 15.8. The molecule has 0 saturated carbocycles. The number of rotatable bonds is 7. The van der Waals surface area contributed by atoms with Crippen LogP contribution in [0.4, 0.5) is 16.2 Å². The van der Waals surface area contributed by atoms with Gasteiger partial charge in [0, 0.05) is 18.4 Å². The average Bonchev–Trinajstić information content (AvgIpc) is 2.79. The van der Waals surface area contributed by atoms with Gasteiger partial charge < -0.3 is 30.3 Å². The van der Waals surface area contributed by atoms with Crippen molar-refractivity contribution in [3.63, 3.8) is 0 Å². The second-order valence-corrected chi connectivity index (χ2v) is 7.68. The van der Waals surface area contributed by atoms with Crippen molar-refractivity contribution in [1.29, 1.82) is 0 Å². The Morgan fingerprint density at radius 2 is 1.85 bits per heavy atom. The molecule has 0 fully saturated rings. The first-order valence-electron chi connectivity index (χ1n) is 10.7. The molecule has 2 aromatic carbocycles. The molecule has 1 unspecified atom stereocenters. The second-order valence-electron chi connectivity index (χ2n) is 7.29. The highest BCUT2D eigenvalue weighted by atomic mass is 32.1. The second kappa shape index (κ2) is 10.8. The van der Waals surface area contributed by atoms with Crippen LogP contribution >= 0.6 is 12.2 Å². The van der Waals surface area contributed by atoms with E-state index in [9.17, 15) is 9.59 Å². The fourth-order valence-electron chi connectivity index (χ4n) is 3.49. The Balaban J connectivity index is 1.83. The highest BCUT2D eigenvalue weighted by Gasteiger charge is 2.33. The maximum atomic E-state index is 12.7. The van der Waals surface area contributed by atoms with E-state index in [2.05, 4.69) is 16.0 Å². The topological polar surface area (TPSA) is 91.9 Å². The molecule has 1 heterocycles. The van der Waals surface area contributed by atoms with Crippen LogP contribution < -0.4 is 20.7 Å². The quantitative estimate of drug-likeness (QED) is 0.409. The Morgan fingerprint density at radius 1 is 1.09 bits per heavy atom. The number of thiocarbonyl (C=S) groups is 1. The number of amides is 2. The normalized spacial score (nSPS) is 15.6. The van der Waals surface area contributed by atoms with Gasteiger partial charge in [0.05, 0.1) is 30.5 Å². The van der Waals surface area contributed by atoms with Crippen molar-refractivity contribution < 1.29 is 19.1 Å². The Kier molecular flexibility index (Phi) is 7.89. The molecule has 0 radical (unpaired) electrons. The number of urea groups is 1. The lowest BCUT2D eigenvalue weighted by molar-refractivity contribution is -0.139. The van der Waals surface area contributed by atoms with Crippen LogP contribution in [0, 0.1) is 0 Å². The number of nitrogens with zero attached hydrogens (tertiary/aromatic N) is 1. The van der Waals surface area contributed by atoms with Crippen LogP contribution in [0.25, 0.3) is 0 Å². The Hall–Kier alpha value is -3.59. The molecular weight excluding hydrogens is 440 g/mol. The minimum atomic E-state index is -0.503. The molecule has 33 heavy (non-hydrogen) atoms. The highest BCUT2D eigenvalue weighted by molar-refractivity contribution is 7.80. The smallest absolute Gasteiger partial charge is 0.338 e. The van der Waals surface area contributed by atoms with Crippen LogP contribution in [-0.2, 0) is 9.53 Å². The zero-order valence-corrected chi connectivity index (χ0v) is 19.9. The summed E-state index contributed by atoms with van der Waals surface area (Å²) in [5, 5.41) is 9.33. The summed E-state index contributed by atoms with van der Waals surface area (Å²) in [6.45, 7) is 6.23. The molecule has 174 valence electrons. The summed E-state index contributed by atoms with van der Waals surface area (Å²) in [6.07, 6.45) is 0. The molecule has 0 saturated heterocycles. The summed E-state index contributed by atoms with van der Waals surface area (Å²) < 4.78 is 10.8. The maximum absolute atomic E-state index is 12.7. The van der Waals surface area contributed by atoms with Gasteiger partial charge in [0.2, 0.25) is 0 Å². The number of allylic oxidation sites excluding steroid dienone is 1. The zero-order chi connectivity index (χ0) is 24.0. The number of benzene rings is 2. The molecule has 0 spiro atoms.